The fraction of sp³-hybridized carbons (Fsp3) is 0.0783. The lowest BCUT2D eigenvalue weighted by atomic mass is 10.3. The summed E-state index contributed by atoms with van der Waals surface area (Å²) < 4.78 is 0. The maximum absolute atomic E-state index is 11.9. The van der Waals surface area contributed by atoms with Crippen molar-refractivity contribution in [2.45, 2.75) is 45.8 Å². The maximum atomic E-state index is 11.9. The van der Waals surface area contributed by atoms with Crippen LogP contribution in [0.15, 0.2) is 0 Å². The molecule has 122 heavy (non-hydrogen) atoms. The van der Waals surface area contributed by atoms with Crippen molar-refractivity contribution in [2.75, 3.05) is 12.4 Å². The number of Topliss-reactive ketones (excluding diaryl/α,β-unsaturated/α-hetero) is 1. The summed E-state index contributed by atoms with van der Waals surface area (Å²) in [4.78, 5) is 46.0. The highest BCUT2D eigenvalue weighted by atomic mass is 32.2. The van der Waals surface area contributed by atoms with Crippen LogP contribution in [0.3, 0.4) is 0 Å². The molecule has 0 radical (unpaired) electrons. The topological polar surface area (TPSA) is 83.6 Å². The van der Waals surface area contributed by atoms with Crippen LogP contribution in [0.25, 0.3) is 0 Å². The van der Waals surface area contributed by atoms with E-state index >= 15 is 0 Å². The largest absolute Gasteiger partial charge is 0.338 e. The Bertz CT molecular complexity index is 7690. The first-order chi connectivity index (χ1) is 60.3. The summed E-state index contributed by atoms with van der Waals surface area (Å²) in [7, 11) is 0. The van der Waals surface area contributed by atoms with Gasteiger partial charge in [-0.25, -0.2) is 0 Å². The van der Waals surface area contributed by atoms with E-state index < -0.39 is 5.25 Å². The lowest BCUT2D eigenvalue weighted by Gasteiger charge is -2.14. The van der Waals surface area contributed by atoms with Gasteiger partial charge in [0.1, 0.15) is 12.5 Å². The van der Waals surface area contributed by atoms with Gasteiger partial charge < -0.3 is 5.32 Å². The van der Waals surface area contributed by atoms with Gasteiger partial charge in [-0.15, -0.1) is 11.8 Å². The number of nitrogens with one attached hydrogen (secondary N) is 1. The first-order valence-corrected chi connectivity index (χ1v) is 32.9. The maximum Gasteiger partial charge on any atom is 0.244 e. The van der Waals surface area contributed by atoms with E-state index in [4.69, 9.17) is 0 Å². The molecule has 0 aromatic heterocycles. The van der Waals surface area contributed by atoms with Crippen LogP contribution in [0, 0.1) is 604 Å². The molecule has 1 aliphatic rings. The molecule has 0 aromatic rings. The first kappa shape index (κ1) is 98.2. The Balaban J connectivity index is 0.00000713. The number of thioether (sulfide) groups is 1. The van der Waals surface area contributed by atoms with E-state index in [1.165, 1.54) is 25.6 Å². The molecular weight excluding hydrogens is 1510 g/mol. The van der Waals surface area contributed by atoms with Gasteiger partial charge in [-0.05, 0) is 115 Å². The van der Waals surface area contributed by atoms with Crippen molar-refractivity contribution in [2.24, 2.45) is 0 Å². The van der Waals surface area contributed by atoms with Crippen molar-refractivity contribution in [3.63, 3.8) is 0 Å². The number of nitrogens with zero attached hydrogens (tertiary/aromatic N) is 1. The average molecular weight is 1530 g/mol. The second kappa shape index (κ2) is 86.1. The van der Waals surface area contributed by atoms with E-state index in [1.807, 2.05) is 0 Å². The van der Waals surface area contributed by atoms with Crippen LogP contribution in [0.5, 0.6) is 0 Å². The zero-order valence-electron chi connectivity index (χ0n) is 63.4. The summed E-state index contributed by atoms with van der Waals surface area (Å²) in [5.74, 6) is 255. The number of hydrogen-bond donors (Lipinski definition) is 1. The Morgan fingerprint density at radius 3 is 0.467 bits per heavy atom. The van der Waals surface area contributed by atoms with Crippen molar-refractivity contribution in [1.29, 1.82) is 0 Å². The number of hydrogen-bond acceptors (Lipinski definition) is 5. The molecule has 1 aliphatic heterocycles. The Labute approximate surface area is 721 Å². The van der Waals surface area contributed by atoms with E-state index in [9.17, 15) is 19.2 Å². The molecule has 1 rings (SSSR count). The van der Waals surface area contributed by atoms with Gasteiger partial charge in [0.15, 0.2) is 0 Å². The third-order valence-corrected chi connectivity index (χ3v) is 10.1. The van der Waals surface area contributed by atoms with Crippen LogP contribution in [-0.2, 0) is 19.2 Å². The van der Waals surface area contributed by atoms with Gasteiger partial charge in [0.05, 0.1) is 5.25 Å². The van der Waals surface area contributed by atoms with E-state index in [0.29, 0.717) is 12.2 Å². The van der Waals surface area contributed by atoms with Gasteiger partial charge in [0.2, 0.25) is 17.7 Å². The molecule has 1 saturated heterocycles. The van der Waals surface area contributed by atoms with Gasteiger partial charge in [-0.2, -0.15) is 0 Å². The lowest BCUT2D eigenvalue weighted by Crippen LogP contribution is -2.40. The average Bonchev–Trinajstić information content (AvgIpc) is 1.69. The van der Waals surface area contributed by atoms with Crippen molar-refractivity contribution < 1.29 is 19.2 Å². The number of likely N-dealkylation sites (tertiary alicyclic amines) is 1. The minimum absolute atomic E-state index is 0.0642. The highest BCUT2D eigenvalue weighted by Crippen LogP contribution is 2.25. The number of carbonyl (C=O) groups excluding carboxylic acids is 4. The minimum atomic E-state index is -0.425. The van der Waals surface area contributed by atoms with Crippen molar-refractivity contribution in [1.82, 2.24) is 10.2 Å². The molecule has 1 unspecified atom stereocenters. The molecule has 522 valence electrons. The first-order valence-electron chi connectivity index (χ1n) is 31.9. The van der Waals surface area contributed by atoms with Crippen LogP contribution >= 0.6 is 11.8 Å². The third kappa shape index (κ3) is 80.3. The van der Waals surface area contributed by atoms with Crippen LogP contribution in [0.1, 0.15) is 40.5 Å². The molecule has 1 atom stereocenters. The Morgan fingerprint density at radius 1 is 0.238 bits per heavy atom. The molecule has 0 spiro atoms. The SMILES string of the molecule is CC#CC#CC#CC#CC#CC#CC#CC#CC#CC#CC#CC#CC#CC#CC#CC#CC#CC#CC#CC#CC#CC#CC#CC#CC#CC#CC#CC#CC#CC#CC#CC#CC#CC#CC#CC#CC#CC#CC#CC#CC#CC#CC#CC#CC#CC#CC#CC#CC#CC#CC#CC.CC(=O)CCSC1CC(=O)N(CNC(C)=O)C1=O. The second-order valence-corrected chi connectivity index (χ2v) is 18.4. The third-order valence-electron chi connectivity index (χ3n) is 8.90. The molecule has 7 heteroatoms. The molecule has 0 aliphatic carbocycles. The van der Waals surface area contributed by atoms with Crippen LogP contribution in [0.2, 0.25) is 0 Å². The predicted molar refractivity (Wildman–Crippen MR) is 475 cm³/mol. The summed E-state index contributed by atoms with van der Waals surface area (Å²) in [6.07, 6.45) is 0.537. The summed E-state index contributed by atoms with van der Waals surface area (Å²) in [5.41, 5.74) is 0. The summed E-state index contributed by atoms with van der Waals surface area (Å²) in [6, 6.07) is 0. The number of imide groups is 1. The highest BCUT2D eigenvalue weighted by Gasteiger charge is 2.38. The van der Waals surface area contributed by atoms with Gasteiger partial charge in [0.25, 0.3) is 0 Å². The summed E-state index contributed by atoms with van der Waals surface area (Å²) in [5, 5.41) is 2.00. The number of rotatable bonds is 6. The molecule has 3 amide bonds. The van der Waals surface area contributed by atoms with E-state index in [0.717, 1.165) is 4.90 Å². The van der Waals surface area contributed by atoms with Gasteiger partial charge in [0, 0.05) is 523 Å². The van der Waals surface area contributed by atoms with Gasteiger partial charge in [-0.1, -0.05) is 11.8 Å². The summed E-state index contributed by atoms with van der Waals surface area (Å²) >= 11 is 1.32. The number of ketones is 1. The fourth-order valence-electron chi connectivity index (χ4n) is 4.67. The molecule has 1 fully saturated rings. The lowest BCUT2D eigenvalue weighted by molar-refractivity contribution is -0.139. The van der Waals surface area contributed by atoms with Crippen LogP contribution < -0.4 is 5.32 Å². The normalized spacial score (nSPS) is 6.23. The molecule has 6 nitrogen and oxygen atoms in total. The van der Waals surface area contributed by atoms with Crippen molar-refractivity contribution in [3.8, 4) is 604 Å². The molecule has 1 heterocycles. The second-order valence-electron chi connectivity index (χ2n) is 17.1. The Hall–Kier alpha value is -23.8. The summed E-state index contributed by atoms with van der Waals surface area (Å²) in [6.45, 7) is 6.11. The molecule has 0 saturated carbocycles. The fourth-order valence-corrected chi connectivity index (χ4v) is 5.89. The number of carbonyl (C=O) groups is 4. The van der Waals surface area contributed by atoms with E-state index in [1.54, 1.807) is 13.8 Å². The van der Waals surface area contributed by atoms with Crippen LogP contribution in [-0.4, -0.2) is 46.1 Å². The predicted octanol–water partition coefficient (Wildman–Crippen LogP) is 1.12. The highest BCUT2D eigenvalue weighted by molar-refractivity contribution is 8.00. The zero-order chi connectivity index (χ0) is 87.8. The monoisotopic (exact) mass is 1530 g/mol. The minimum Gasteiger partial charge on any atom is -0.338 e. The van der Waals surface area contributed by atoms with Gasteiger partial charge >= 0.3 is 0 Å². The van der Waals surface area contributed by atoms with E-state index in [2.05, 4.69) is 609 Å². The molecular formula is C115H22N2O4S. The Kier molecular flexibility index (Phi) is 69.3. The quantitative estimate of drug-likeness (QED) is 0.319. The molecule has 0 aromatic carbocycles. The number of amides is 3. The standard InChI is InChI=1S/C104H6.C11H16N2O4S/c1-3-5-7-9-11-13-15-17-19-21-23-25-27-29-31-33-35-37-39-41-43-45-47-49-51-53-55-57-59-61-63-65-67-69-71-73-75-77-79-81-83-85-87-89-91-93-95-97-99-101-103-104-102-100-98-96-94-92-90-88-86-84-82-80-78-76-74-72-70-68-66-64-62-60-58-56-54-52-50-48-46-44-42-40-38-36-34-32-30-28-26-24-22-20-18-16-14-12-10-8-6-4-2;1-7(14)3-4-18-9-5-10(16)13(11(9)17)6-12-8(2)15/h1-2H3;9H,3-6H2,1-2H3,(H,12,15). The van der Waals surface area contributed by atoms with Crippen LogP contribution in [0.4, 0.5) is 0 Å². The van der Waals surface area contributed by atoms with Crippen molar-refractivity contribution in [3.05, 3.63) is 0 Å². The molecule has 0 bridgehead atoms. The van der Waals surface area contributed by atoms with Crippen molar-refractivity contribution >= 4 is 35.3 Å². The van der Waals surface area contributed by atoms with E-state index in [-0.39, 0.29) is 36.6 Å². The molecule has 1 N–H and O–H groups in total. The van der Waals surface area contributed by atoms with Gasteiger partial charge in [-0.3, -0.25) is 24.1 Å². The Morgan fingerprint density at radius 2 is 0.361 bits per heavy atom. The zero-order valence-corrected chi connectivity index (χ0v) is 64.2. The smallest absolute Gasteiger partial charge is 0.244 e.